The van der Waals surface area contributed by atoms with E-state index in [1.807, 2.05) is 12.1 Å². The minimum Gasteiger partial charge on any atom is -0.389 e. The van der Waals surface area contributed by atoms with E-state index >= 15 is 0 Å². The van der Waals surface area contributed by atoms with Gasteiger partial charge in [0, 0.05) is 21.8 Å². The van der Waals surface area contributed by atoms with Crippen molar-refractivity contribution >= 4 is 38.8 Å². The largest absolute Gasteiger partial charge is 0.389 e. The molecule has 1 aliphatic carbocycles. The highest BCUT2D eigenvalue weighted by atomic mass is 79.9. The van der Waals surface area contributed by atoms with Crippen LogP contribution in [0.2, 0.25) is 0 Å². The molecule has 2 rings (SSSR count). The molecule has 17 heavy (non-hydrogen) atoms. The maximum Gasteiger partial charge on any atom is 0.105 e. The molecular weight excluding hydrogens is 296 g/mol. The van der Waals surface area contributed by atoms with Gasteiger partial charge in [-0.1, -0.05) is 31.5 Å². The summed E-state index contributed by atoms with van der Waals surface area (Å²) in [6.45, 7) is 0. The van der Waals surface area contributed by atoms with Gasteiger partial charge in [-0.3, -0.25) is 0 Å². The van der Waals surface area contributed by atoms with Crippen molar-refractivity contribution in [2.45, 2.75) is 38.1 Å². The van der Waals surface area contributed by atoms with Gasteiger partial charge in [0.05, 0.1) is 0 Å². The predicted molar refractivity (Wildman–Crippen MR) is 80.5 cm³/mol. The zero-order chi connectivity index (χ0) is 12.3. The van der Waals surface area contributed by atoms with E-state index in [0.717, 1.165) is 15.7 Å². The van der Waals surface area contributed by atoms with Crippen molar-refractivity contribution in [1.29, 1.82) is 0 Å². The molecule has 0 aliphatic heterocycles. The molecule has 0 atom stereocenters. The van der Waals surface area contributed by atoms with Gasteiger partial charge in [0.25, 0.3) is 0 Å². The molecule has 1 aliphatic rings. The van der Waals surface area contributed by atoms with Crippen molar-refractivity contribution < 1.29 is 0 Å². The zero-order valence-electron chi connectivity index (χ0n) is 9.71. The molecule has 3 N–H and O–H groups in total. The maximum atomic E-state index is 5.63. The van der Waals surface area contributed by atoms with Gasteiger partial charge in [0.1, 0.15) is 4.99 Å². The summed E-state index contributed by atoms with van der Waals surface area (Å²) in [5.74, 6) is 0. The minimum atomic E-state index is 0.432. The summed E-state index contributed by atoms with van der Waals surface area (Å²) in [6, 6.07) is 6.69. The van der Waals surface area contributed by atoms with Gasteiger partial charge in [-0.05, 0) is 47.0 Å². The van der Waals surface area contributed by atoms with Crippen molar-refractivity contribution in [2.75, 3.05) is 5.32 Å². The zero-order valence-corrected chi connectivity index (χ0v) is 12.1. The second kappa shape index (κ2) is 5.83. The Hall–Kier alpha value is -0.610. The Morgan fingerprint density at radius 2 is 2.00 bits per heavy atom. The third-order valence-corrected chi connectivity index (χ3v) is 4.09. The summed E-state index contributed by atoms with van der Waals surface area (Å²) in [5, 5.41) is 3.57. The number of nitrogens with one attached hydrogen (secondary N) is 1. The van der Waals surface area contributed by atoms with Gasteiger partial charge in [-0.15, -0.1) is 0 Å². The number of benzene rings is 1. The van der Waals surface area contributed by atoms with Crippen LogP contribution in [0.5, 0.6) is 0 Å². The van der Waals surface area contributed by atoms with E-state index in [-0.39, 0.29) is 0 Å². The molecule has 1 saturated carbocycles. The number of halogens is 1. The summed E-state index contributed by atoms with van der Waals surface area (Å²) >= 11 is 8.49. The van der Waals surface area contributed by atoms with Crippen LogP contribution in [0.1, 0.15) is 37.7 Å². The first-order valence-corrected chi connectivity index (χ1v) is 7.23. The standard InChI is InChI=1S/C13H17BrN2S/c14-12-8-10(6-7-11(12)13(15)17)16-9-4-2-1-3-5-9/h6-9,16H,1-5H2,(H2,15,17). The lowest BCUT2D eigenvalue weighted by Crippen LogP contribution is -2.22. The Labute approximate surface area is 116 Å². The lowest BCUT2D eigenvalue weighted by Gasteiger charge is -2.24. The van der Waals surface area contributed by atoms with Crippen LogP contribution in [0.3, 0.4) is 0 Å². The van der Waals surface area contributed by atoms with Crippen LogP contribution < -0.4 is 11.1 Å². The van der Waals surface area contributed by atoms with Crippen LogP contribution in [0.25, 0.3) is 0 Å². The van der Waals surface area contributed by atoms with Crippen molar-refractivity contribution in [2.24, 2.45) is 5.73 Å². The molecular formula is C13H17BrN2S. The molecule has 4 heteroatoms. The molecule has 0 aromatic heterocycles. The first kappa shape index (κ1) is 12.8. The van der Waals surface area contributed by atoms with Gasteiger partial charge < -0.3 is 11.1 Å². The van der Waals surface area contributed by atoms with Gasteiger partial charge in [-0.25, -0.2) is 0 Å². The molecule has 0 unspecified atom stereocenters. The van der Waals surface area contributed by atoms with E-state index in [1.54, 1.807) is 0 Å². The summed E-state index contributed by atoms with van der Waals surface area (Å²) < 4.78 is 0.964. The average molecular weight is 313 g/mol. The summed E-state index contributed by atoms with van der Waals surface area (Å²) in [6.07, 6.45) is 6.60. The number of hydrogen-bond acceptors (Lipinski definition) is 2. The van der Waals surface area contributed by atoms with Gasteiger partial charge in [-0.2, -0.15) is 0 Å². The quantitative estimate of drug-likeness (QED) is 0.833. The average Bonchev–Trinajstić information content (AvgIpc) is 2.30. The highest BCUT2D eigenvalue weighted by molar-refractivity contribution is 9.10. The second-order valence-electron chi connectivity index (χ2n) is 4.54. The molecule has 0 heterocycles. The molecule has 0 radical (unpaired) electrons. The first-order valence-electron chi connectivity index (χ1n) is 6.02. The third kappa shape index (κ3) is 3.42. The van der Waals surface area contributed by atoms with Crippen LogP contribution in [0, 0.1) is 0 Å². The van der Waals surface area contributed by atoms with Crippen molar-refractivity contribution in [1.82, 2.24) is 0 Å². The fourth-order valence-corrected chi connectivity index (χ4v) is 3.19. The number of rotatable bonds is 3. The number of anilines is 1. The molecule has 1 aromatic carbocycles. The Bertz CT molecular complexity index is 414. The summed E-state index contributed by atoms with van der Waals surface area (Å²) in [5.41, 5.74) is 7.67. The monoisotopic (exact) mass is 312 g/mol. The third-order valence-electron chi connectivity index (χ3n) is 3.21. The van der Waals surface area contributed by atoms with Crippen LogP contribution in [-0.4, -0.2) is 11.0 Å². The fourth-order valence-electron chi connectivity index (χ4n) is 2.29. The molecule has 0 amide bonds. The van der Waals surface area contributed by atoms with Crippen molar-refractivity contribution in [3.63, 3.8) is 0 Å². The Morgan fingerprint density at radius 1 is 1.29 bits per heavy atom. The van der Waals surface area contributed by atoms with Gasteiger partial charge in [0.15, 0.2) is 0 Å². The van der Waals surface area contributed by atoms with E-state index in [4.69, 9.17) is 18.0 Å². The highest BCUT2D eigenvalue weighted by Gasteiger charge is 2.13. The maximum absolute atomic E-state index is 5.63. The molecule has 92 valence electrons. The Balaban J connectivity index is 2.06. The van der Waals surface area contributed by atoms with E-state index < -0.39 is 0 Å². The van der Waals surface area contributed by atoms with E-state index in [2.05, 4.69) is 27.3 Å². The lowest BCUT2D eigenvalue weighted by atomic mass is 9.95. The van der Waals surface area contributed by atoms with E-state index in [9.17, 15) is 0 Å². The second-order valence-corrected chi connectivity index (χ2v) is 5.83. The predicted octanol–water partition coefficient (Wildman–Crippen LogP) is 3.83. The molecule has 1 fully saturated rings. The molecule has 0 spiro atoms. The number of nitrogens with two attached hydrogens (primary N) is 1. The smallest absolute Gasteiger partial charge is 0.105 e. The SMILES string of the molecule is NC(=S)c1ccc(NC2CCCCC2)cc1Br. The van der Waals surface area contributed by atoms with E-state index in [1.165, 1.54) is 32.1 Å². The number of thiocarbonyl (C=S) groups is 1. The fraction of sp³-hybridized carbons (Fsp3) is 0.462. The van der Waals surface area contributed by atoms with Crippen molar-refractivity contribution in [3.05, 3.63) is 28.2 Å². The van der Waals surface area contributed by atoms with Crippen LogP contribution in [-0.2, 0) is 0 Å². The molecule has 0 bridgehead atoms. The summed E-state index contributed by atoms with van der Waals surface area (Å²) in [7, 11) is 0. The van der Waals surface area contributed by atoms with Gasteiger partial charge in [0.2, 0.25) is 0 Å². The topological polar surface area (TPSA) is 38.0 Å². The first-order chi connectivity index (χ1) is 8.16. The van der Waals surface area contributed by atoms with E-state index in [0.29, 0.717) is 11.0 Å². The Morgan fingerprint density at radius 3 is 2.59 bits per heavy atom. The molecule has 0 saturated heterocycles. The van der Waals surface area contributed by atoms with Crippen LogP contribution in [0.4, 0.5) is 5.69 Å². The lowest BCUT2D eigenvalue weighted by molar-refractivity contribution is 0.463. The van der Waals surface area contributed by atoms with Crippen LogP contribution >= 0.6 is 28.1 Å². The Kier molecular flexibility index (Phi) is 4.40. The molecule has 1 aromatic rings. The van der Waals surface area contributed by atoms with Crippen molar-refractivity contribution in [3.8, 4) is 0 Å². The summed E-state index contributed by atoms with van der Waals surface area (Å²) in [4.78, 5) is 0.432. The normalized spacial score (nSPS) is 16.8. The van der Waals surface area contributed by atoms with Crippen LogP contribution in [0.15, 0.2) is 22.7 Å². The highest BCUT2D eigenvalue weighted by Crippen LogP contribution is 2.25. The molecule has 2 nitrogen and oxygen atoms in total. The van der Waals surface area contributed by atoms with Gasteiger partial charge >= 0.3 is 0 Å². The number of hydrogen-bond donors (Lipinski definition) is 2. The minimum absolute atomic E-state index is 0.432.